The molecule has 0 bridgehead atoms. The van der Waals surface area contributed by atoms with Crippen LogP contribution in [0.2, 0.25) is 0 Å². The highest BCUT2D eigenvalue weighted by Gasteiger charge is 2.21. The molecule has 3 heteroatoms. The Morgan fingerprint density at radius 2 is 2.58 bits per heavy atom. The van der Waals surface area contributed by atoms with Gasteiger partial charge in [-0.1, -0.05) is 0 Å². The van der Waals surface area contributed by atoms with Crippen molar-refractivity contribution in [3.8, 4) is 0 Å². The molecule has 1 aliphatic rings. The van der Waals surface area contributed by atoms with Gasteiger partial charge in [0.15, 0.2) is 0 Å². The van der Waals surface area contributed by atoms with Gasteiger partial charge < -0.3 is 0 Å². The molecule has 1 fully saturated rings. The number of aromatic nitrogens is 2. The normalized spacial score (nSPS) is 17.4. The van der Waals surface area contributed by atoms with E-state index in [0.29, 0.717) is 0 Å². The molecule has 0 radical (unpaired) electrons. The molecular formula is C9H13N3. The van der Waals surface area contributed by atoms with Gasteiger partial charge in [-0.3, -0.25) is 9.67 Å². The first kappa shape index (κ1) is 7.53. The van der Waals surface area contributed by atoms with Crippen LogP contribution in [0, 0.1) is 5.92 Å². The molecule has 0 spiro atoms. The van der Waals surface area contributed by atoms with Crippen molar-refractivity contribution >= 4 is 6.21 Å². The maximum Gasteiger partial charge on any atom is 0.0577 e. The summed E-state index contributed by atoms with van der Waals surface area (Å²) in [5.74, 6) is 0.885. The van der Waals surface area contributed by atoms with E-state index in [1.54, 1.807) is 7.05 Å². The van der Waals surface area contributed by atoms with Gasteiger partial charge in [-0.05, 0) is 18.8 Å². The zero-order valence-corrected chi connectivity index (χ0v) is 7.27. The van der Waals surface area contributed by atoms with E-state index in [-0.39, 0.29) is 0 Å². The molecule has 0 atom stereocenters. The van der Waals surface area contributed by atoms with Crippen LogP contribution in [0.4, 0.5) is 0 Å². The Balaban J connectivity index is 2.01. The summed E-state index contributed by atoms with van der Waals surface area (Å²) in [5, 5.41) is 4.24. The van der Waals surface area contributed by atoms with Crippen LogP contribution in [0.15, 0.2) is 17.4 Å². The lowest BCUT2D eigenvalue weighted by molar-refractivity contribution is 0.563. The lowest BCUT2D eigenvalue weighted by Crippen LogP contribution is -1.99. The summed E-state index contributed by atoms with van der Waals surface area (Å²) in [6.07, 6.45) is 8.48. The Labute approximate surface area is 72.1 Å². The van der Waals surface area contributed by atoms with Gasteiger partial charge in [0, 0.05) is 31.6 Å². The molecule has 64 valence electrons. The van der Waals surface area contributed by atoms with Crippen LogP contribution in [0.1, 0.15) is 18.4 Å². The van der Waals surface area contributed by atoms with Crippen molar-refractivity contribution in [2.45, 2.75) is 19.4 Å². The summed E-state index contributed by atoms with van der Waals surface area (Å²) in [5.41, 5.74) is 1.10. The SMILES string of the molecule is CN=Cc1cnn(CC2CC2)c1. The molecule has 12 heavy (non-hydrogen) atoms. The molecule has 0 saturated heterocycles. The Hall–Kier alpha value is -1.12. The highest BCUT2D eigenvalue weighted by atomic mass is 15.3. The van der Waals surface area contributed by atoms with Crippen molar-refractivity contribution in [3.05, 3.63) is 18.0 Å². The first-order chi connectivity index (χ1) is 5.88. The van der Waals surface area contributed by atoms with Gasteiger partial charge in [-0.15, -0.1) is 0 Å². The second-order valence-corrected chi connectivity index (χ2v) is 3.33. The molecule has 1 aliphatic carbocycles. The minimum Gasteiger partial charge on any atom is -0.296 e. The fourth-order valence-electron chi connectivity index (χ4n) is 1.26. The Morgan fingerprint density at radius 3 is 3.25 bits per heavy atom. The molecule has 0 aliphatic heterocycles. The third-order valence-corrected chi connectivity index (χ3v) is 2.07. The molecule has 3 nitrogen and oxygen atoms in total. The topological polar surface area (TPSA) is 30.2 Å². The predicted octanol–water partition coefficient (Wildman–Crippen LogP) is 1.34. The van der Waals surface area contributed by atoms with Crippen molar-refractivity contribution < 1.29 is 0 Å². The predicted molar refractivity (Wildman–Crippen MR) is 48.5 cm³/mol. The third-order valence-electron chi connectivity index (χ3n) is 2.07. The fourth-order valence-corrected chi connectivity index (χ4v) is 1.26. The van der Waals surface area contributed by atoms with E-state index >= 15 is 0 Å². The number of hydrogen-bond donors (Lipinski definition) is 0. The molecular weight excluding hydrogens is 150 g/mol. The fraction of sp³-hybridized carbons (Fsp3) is 0.556. The average Bonchev–Trinajstić information content (AvgIpc) is 2.74. The van der Waals surface area contributed by atoms with Crippen LogP contribution in [-0.2, 0) is 6.54 Å². The third kappa shape index (κ3) is 1.72. The number of nitrogens with zero attached hydrogens (tertiary/aromatic N) is 3. The average molecular weight is 163 g/mol. The van der Waals surface area contributed by atoms with E-state index in [1.165, 1.54) is 12.8 Å². The van der Waals surface area contributed by atoms with Crippen molar-refractivity contribution in [2.75, 3.05) is 7.05 Å². The van der Waals surface area contributed by atoms with Crippen LogP contribution < -0.4 is 0 Å². The molecule has 0 unspecified atom stereocenters. The monoisotopic (exact) mass is 163 g/mol. The van der Waals surface area contributed by atoms with Crippen LogP contribution in [0.3, 0.4) is 0 Å². The van der Waals surface area contributed by atoms with Crippen molar-refractivity contribution in [1.82, 2.24) is 9.78 Å². The summed E-state index contributed by atoms with van der Waals surface area (Å²) in [6.45, 7) is 1.08. The van der Waals surface area contributed by atoms with Crippen LogP contribution in [0.5, 0.6) is 0 Å². The summed E-state index contributed by atoms with van der Waals surface area (Å²) in [7, 11) is 1.78. The second kappa shape index (κ2) is 3.09. The zero-order valence-electron chi connectivity index (χ0n) is 7.27. The Morgan fingerprint density at radius 1 is 1.75 bits per heavy atom. The van der Waals surface area contributed by atoms with E-state index < -0.39 is 0 Å². The summed E-state index contributed by atoms with van der Waals surface area (Å²) >= 11 is 0. The second-order valence-electron chi connectivity index (χ2n) is 3.33. The molecule has 1 aromatic heterocycles. The Bertz CT molecular complexity index is 284. The minimum absolute atomic E-state index is 0.885. The van der Waals surface area contributed by atoms with E-state index in [2.05, 4.69) is 10.1 Å². The molecule has 1 saturated carbocycles. The van der Waals surface area contributed by atoms with Crippen LogP contribution >= 0.6 is 0 Å². The van der Waals surface area contributed by atoms with Gasteiger partial charge in [-0.2, -0.15) is 5.10 Å². The summed E-state index contributed by atoms with van der Waals surface area (Å²) < 4.78 is 2.01. The molecule has 0 amide bonds. The number of rotatable bonds is 3. The lowest BCUT2D eigenvalue weighted by Gasteiger charge is -1.95. The number of hydrogen-bond acceptors (Lipinski definition) is 2. The van der Waals surface area contributed by atoms with Crippen LogP contribution in [-0.4, -0.2) is 23.0 Å². The summed E-state index contributed by atoms with van der Waals surface area (Å²) in [6, 6.07) is 0. The van der Waals surface area contributed by atoms with E-state index in [1.807, 2.05) is 23.3 Å². The first-order valence-corrected chi connectivity index (χ1v) is 4.33. The van der Waals surface area contributed by atoms with Crippen molar-refractivity contribution in [2.24, 2.45) is 10.9 Å². The number of aliphatic imine (C=N–C) groups is 1. The molecule has 1 aromatic rings. The molecule has 0 N–H and O–H groups in total. The van der Waals surface area contributed by atoms with Crippen molar-refractivity contribution in [1.29, 1.82) is 0 Å². The quantitative estimate of drug-likeness (QED) is 0.618. The van der Waals surface area contributed by atoms with Gasteiger partial charge in [0.25, 0.3) is 0 Å². The minimum atomic E-state index is 0.885. The van der Waals surface area contributed by atoms with E-state index in [9.17, 15) is 0 Å². The van der Waals surface area contributed by atoms with Crippen LogP contribution in [0.25, 0.3) is 0 Å². The lowest BCUT2D eigenvalue weighted by atomic mass is 10.4. The standard InChI is InChI=1S/C9H13N3/c1-10-4-9-5-11-12(7-9)6-8-2-3-8/h4-5,7-8H,2-3,6H2,1H3. The molecule has 2 rings (SSSR count). The van der Waals surface area contributed by atoms with Gasteiger partial charge in [0.2, 0.25) is 0 Å². The van der Waals surface area contributed by atoms with Gasteiger partial charge in [0.1, 0.15) is 0 Å². The first-order valence-electron chi connectivity index (χ1n) is 4.33. The van der Waals surface area contributed by atoms with Gasteiger partial charge >= 0.3 is 0 Å². The summed E-state index contributed by atoms with van der Waals surface area (Å²) in [4.78, 5) is 3.94. The highest BCUT2D eigenvalue weighted by molar-refractivity contribution is 5.78. The highest BCUT2D eigenvalue weighted by Crippen LogP contribution is 2.30. The zero-order chi connectivity index (χ0) is 8.39. The molecule has 0 aromatic carbocycles. The van der Waals surface area contributed by atoms with Crippen molar-refractivity contribution in [3.63, 3.8) is 0 Å². The maximum atomic E-state index is 4.24. The van der Waals surface area contributed by atoms with E-state index in [4.69, 9.17) is 0 Å². The smallest absolute Gasteiger partial charge is 0.0577 e. The van der Waals surface area contributed by atoms with E-state index in [0.717, 1.165) is 18.0 Å². The largest absolute Gasteiger partial charge is 0.296 e. The van der Waals surface area contributed by atoms with Gasteiger partial charge in [-0.25, -0.2) is 0 Å². The maximum absolute atomic E-state index is 4.24. The Kier molecular flexibility index (Phi) is 1.94. The molecule has 1 heterocycles. The van der Waals surface area contributed by atoms with Gasteiger partial charge in [0.05, 0.1) is 6.20 Å².